The summed E-state index contributed by atoms with van der Waals surface area (Å²) in [4.78, 5) is 0. The van der Waals surface area contributed by atoms with Gasteiger partial charge in [0.05, 0.1) is 0 Å². The quantitative estimate of drug-likeness (QED) is 0.813. The molecule has 0 aromatic heterocycles. The van der Waals surface area contributed by atoms with E-state index >= 15 is 0 Å². The van der Waals surface area contributed by atoms with E-state index in [0.29, 0.717) is 12.1 Å². The Morgan fingerprint density at radius 3 is 2.24 bits per heavy atom. The predicted molar refractivity (Wildman–Crippen MR) is 89.9 cm³/mol. The van der Waals surface area contributed by atoms with Crippen molar-refractivity contribution < 1.29 is 0 Å². The lowest BCUT2D eigenvalue weighted by Gasteiger charge is -2.38. The first-order valence-corrected chi connectivity index (χ1v) is 8.07. The van der Waals surface area contributed by atoms with Crippen LogP contribution in [0.4, 0.5) is 0 Å². The summed E-state index contributed by atoms with van der Waals surface area (Å²) in [5.74, 6) is 0.723. The molecule has 1 nitrogen and oxygen atoms in total. The summed E-state index contributed by atoms with van der Waals surface area (Å²) in [6.07, 6.45) is 2.47. The molecule has 0 bridgehead atoms. The minimum Gasteiger partial charge on any atom is -0.307 e. The molecule has 1 aliphatic carbocycles. The molecule has 21 heavy (non-hydrogen) atoms. The fourth-order valence-corrected chi connectivity index (χ4v) is 3.19. The van der Waals surface area contributed by atoms with Gasteiger partial charge in [0.2, 0.25) is 0 Å². The summed E-state index contributed by atoms with van der Waals surface area (Å²) in [6.45, 7) is 4.37. The lowest BCUT2D eigenvalue weighted by molar-refractivity contribution is 0.271. The predicted octanol–water partition coefficient (Wildman–Crippen LogP) is 5.25. The van der Waals surface area contributed by atoms with Crippen molar-refractivity contribution in [2.24, 2.45) is 0 Å². The standard InChI is InChI=1S/C19H22ClN/c1-13-3-5-16(6-4-13)17-11-19(12-17)21-14(2)15-7-9-18(20)10-8-15/h3-10,14,17,19,21H,11-12H2,1-2H3/t14-,17?,19?/m1/s1. The van der Waals surface area contributed by atoms with Gasteiger partial charge in [0.25, 0.3) is 0 Å². The average molecular weight is 300 g/mol. The highest BCUT2D eigenvalue weighted by molar-refractivity contribution is 6.30. The highest BCUT2D eigenvalue weighted by Crippen LogP contribution is 2.38. The number of hydrogen-bond donors (Lipinski definition) is 1. The molecule has 110 valence electrons. The molecule has 0 saturated heterocycles. The van der Waals surface area contributed by atoms with Crippen molar-refractivity contribution in [3.05, 3.63) is 70.2 Å². The summed E-state index contributed by atoms with van der Waals surface area (Å²) in [5.41, 5.74) is 4.13. The minimum atomic E-state index is 0.381. The fourth-order valence-electron chi connectivity index (χ4n) is 3.07. The molecular formula is C19H22ClN. The molecule has 0 aliphatic heterocycles. The molecule has 1 aliphatic rings. The molecule has 1 saturated carbocycles. The van der Waals surface area contributed by atoms with Crippen molar-refractivity contribution in [1.29, 1.82) is 0 Å². The monoisotopic (exact) mass is 299 g/mol. The van der Waals surface area contributed by atoms with Crippen LogP contribution in [0, 0.1) is 6.92 Å². The van der Waals surface area contributed by atoms with Gasteiger partial charge in [0.1, 0.15) is 0 Å². The molecule has 2 heteroatoms. The van der Waals surface area contributed by atoms with Crippen LogP contribution < -0.4 is 5.32 Å². The van der Waals surface area contributed by atoms with Crippen LogP contribution in [0.15, 0.2) is 48.5 Å². The molecular weight excluding hydrogens is 278 g/mol. The zero-order valence-electron chi connectivity index (χ0n) is 12.6. The van der Waals surface area contributed by atoms with Crippen molar-refractivity contribution in [1.82, 2.24) is 5.32 Å². The number of halogens is 1. The van der Waals surface area contributed by atoms with Crippen LogP contribution in [-0.2, 0) is 0 Å². The van der Waals surface area contributed by atoms with E-state index in [1.807, 2.05) is 12.1 Å². The summed E-state index contributed by atoms with van der Waals surface area (Å²) in [7, 11) is 0. The normalized spacial score (nSPS) is 22.6. The maximum atomic E-state index is 5.94. The highest BCUT2D eigenvalue weighted by Gasteiger charge is 2.30. The largest absolute Gasteiger partial charge is 0.307 e. The van der Waals surface area contributed by atoms with Crippen LogP contribution in [0.2, 0.25) is 5.02 Å². The van der Waals surface area contributed by atoms with Gasteiger partial charge in [-0.15, -0.1) is 0 Å². The van der Waals surface area contributed by atoms with Gasteiger partial charge in [-0.3, -0.25) is 0 Å². The van der Waals surface area contributed by atoms with Gasteiger partial charge >= 0.3 is 0 Å². The number of nitrogens with one attached hydrogen (secondary N) is 1. The Labute approximate surface area is 132 Å². The zero-order chi connectivity index (χ0) is 14.8. The number of hydrogen-bond acceptors (Lipinski definition) is 1. The van der Waals surface area contributed by atoms with Crippen LogP contribution in [0.1, 0.15) is 48.4 Å². The molecule has 3 rings (SSSR count). The van der Waals surface area contributed by atoms with E-state index in [4.69, 9.17) is 11.6 Å². The van der Waals surface area contributed by atoms with Gasteiger partial charge in [0.15, 0.2) is 0 Å². The van der Waals surface area contributed by atoms with Crippen LogP contribution >= 0.6 is 11.6 Å². The van der Waals surface area contributed by atoms with Crippen LogP contribution in [0.5, 0.6) is 0 Å². The highest BCUT2D eigenvalue weighted by atomic mass is 35.5. The first-order valence-electron chi connectivity index (χ1n) is 7.70. The maximum Gasteiger partial charge on any atom is 0.0406 e. The SMILES string of the molecule is Cc1ccc(C2CC(N[C@H](C)c3ccc(Cl)cc3)C2)cc1. The Balaban J connectivity index is 1.52. The summed E-state index contributed by atoms with van der Waals surface area (Å²) in [6, 6.07) is 18.1. The Morgan fingerprint density at radius 1 is 1.00 bits per heavy atom. The van der Waals surface area contributed by atoms with Gasteiger partial charge in [-0.2, -0.15) is 0 Å². The Kier molecular flexibility index (Phi) is 4.32. The first kappa shape index (κ1) is 14.6. The smallest absolute Gasteiger partial charge is 0.0406 e. The molecule has 0 amide bonds. The summed E-state index contributed by atoms with van der Waals surface area (Å²) in [5, 5.41) is 4.52. The van der Waals surface area contributed by atoms with E-state index in [-0.39, 0.29) is 0 Å². The van der Waals surface area contributed by atoms with Crippen molar-refractivity contribution in [3.63, 3.8) is 0 Å². The number of rotatable bonds is 4. The van der Waals surface area contributed by atoms with E-state index < -0.39 is 0 Å². The van der Waals surface area contributed by atoms with E-state index in [0.717, 1.165) is 10.9 Å². The van der Waals surface area contributed by atoms with Crippen molar-refractivity contribution in [3.8, 4) is 0 Å². The molecule has 0 heterocycles. The van der Waals surface area contributed by atoms with E-state index in [1.165, 1.54) is 29.5 Å². The van der Waals surface area contributed by atoms with Gasteiger partial charge in [0, 0.05) is 17.1 Å². The van der Waals surface area contributed by atoms with Gasteiger partial charge < -0.3 is 5.32 Å². The molecule has 0 radical (unpaired) electrons. The third-order valence-corrected chi connectivity index (χ3v) is 4.79. The zero-order valence-corrected chi connectivity index (χ0v) is 13.4. The van der Waals surface area contributed by atoms with E-state index in [9.17, 15) is 0 Å². The molecule has 1 atom stereocenters. The molecule has 1 N–H and O–H groups in total. The number of aryl methyl sites for hydroxylation is 1. The lowest BCUT2D eigenvalue weighted by Crippen LogP contribution is -2.41. The second-order valence-corrected chi connectivity index (χ2v) is 6.65. The van der Waals surface area contributed by atoms with Crippen LogP contribution in [-0.4, -0.2) is 6.04 Å². The third-order valence-electron chi connectivity index (χ3n) is 4.54. The molecule has 2 aromatic rings. The molecule has 1 fully saturated rings. The van der Waals surface area contributed by atoms with Crippen LogP contribution in [0.25, 0.3) is 0 Å². The number of benzene rings is 2. The molecule has 2 aromatic carbocycles. The Morgan fingerprint density at radius 2 is 1.62 bits per heavy atom. The third kappa shape index (κ3) is 3.48. The molecule has 0 spiro atoms. The molecule has 0 unspecified atom stereocenters. The van der Waals surface area contributed by atoms with Gasteiger partial charge in [-0.25, -0.2) is 0 Å². The van der Waals surface area contributed by atoms with Crippen LogP contribution in [0.3, 0.4) is 0 Å². The van der Waals surface area contributed by atoms with Crippen molar-refractivity contribution in [2.45, 2.75) is 44.7 Å². The maximum absolute atomic E-state index is 5.94. The van der Waals surface area contributed by atoms with Gasteiger partial charge in [-0.05, 0) is 55.9 Å². The average Bonchev–Trinajstić information content (AvgIpc) is 2.44. The fraction of sp³-hybridized carbons (Fsp3) is 0.368. The topological polar surface area (TPSA) is 12.0 Å². The van der Waals surface area contributed by atoms with E-state index in [2.05, 4.69) is 55.6 Å². The summed E-state index contributed by atoms with van der Waals surface area (Å²) < 4.78 is 0. The lowest BCUT2D eigenvalue weighted by atomic mass is 9.75. The van der Waals surface area contributed by atoms with E-state index in [1.54, 1.807) is 0 Å². The van der Waals surface area contributed by atoms with Crippen molar-refractivity contribution >= 4 is 11.6 Å². The second kappa shape index (κ2) is 6.21. The Bertz CT molecular complexity index is 582. The second-order valence-electron chi connectivity index (χ2n) is 6.22. The summed E-state index contributed by atoms with van der Waals surface area (Å²) >= 11 is 5.94. The Hall–Kier alpha value is -1.31. The van der Waals surface area contributed by atoms with Gasteiger partial charge in [-0.1, -0.05) is 53.6 Å². The minimum absolute atomic E-state index is 0.381. The van der Waals surface area contributed by atoms with Crippen molar-refractivity contribution in [2.75, 3.05) is 0 Å². The first-order chi connectivity index (χ1) is 10.1.